The molecule has 1 aromatic rings. The maximum Gasteiger partial charge on any atom is 0.171 e. The summed E-state index contributed by atoms with van der Waals surface area (Å²) in [7, 11) is 0. The van der Waals surface area contributed by atoms with Crippen LogP contribution in [-0.4, -0.2) is 38.9 Å². The largest absolute Gasteiger partial charge is 0.504 e. The molecule has 2 fully saturated rings. The molecule has 25 heavy (non-hydrogen) atoms. The maximum atomic E-state index is 10.5. The molecule has 0 bridgehead atoms. The Morgan fingerprint density at radius 1 is 1.20 bits per heavy atom. The molecular weight excluding hydrogens is 336 g/mol. The van der Waals surface area contributed by atoms with Crippen LogP contribution in [0.25, 0.3) is 0 Å². The van der Waals surface area contributed by atoms with E-state index < -0.39 is 0 Å². The molecule has 0 radical (unpaired) electrons. The van der Waals surface area contributed by atoms with Crippen molar-refractivity contribution in [3.05, 3.63) is 17.2 Å². The molecule has 0 amide bonds. The second-order valence-corrected chi connectivity index (χ2v) is 9.37. The van der Waals surface area contributed by atoms with Gasteiger partial charge in [0.2, 0.25) is 0 Å². The third-order valence-corrected chi connectivity index (χ3v) is 8.34. The molecule has 3 aliphatic carbocycles. The topological polar surface area (TPSA) is 80.9 Å². The van der Waals surface area contributed by atoms with Gasteiger partial charge >= 0.3 is 0 Å². The molecule has 3 aliphatic rings. The van der Waals surface area contributed by atoms with Crippen molar-refractivity contribution in [1.29, 1.82) is 0 Å². The van der Waals surface area contributed by atoms with Crippen molar-refractivity contribution in [3.8, 4) is 11.5 Å². The zero-order valence-corrected chi connectivity index (χ0v) is 15.6. The molecule has 4 N–H and O–H groups in total. The molecule has 0 heterocycles. The van der Waals surface area contributed by atoms with Gasteiger partial charge in [-0.25, -0.2) is 0 Å². The number of thioether (sulfide) groups is 1. The van der Waals surface area contributed by atoms with Crippen LogP contribution in [0, 0.1) is 17.3 Å². The summed E-state index contributed by atoms with van der Waals surface area (Å²) in [5.74, 6) is 1.96. The van der Waals surface area contributed by atoms with E-state index in [4.69, 9.17) is 5.11 Å². The Kier molecular flexibility index (Phi) is 4.45. The van der Waals surface area contributed by atoms with Gasteiger partial charge in [0.15, 0.2) is 11.5 Å². The Bertz CT molecular complexity index is 676. The number of aliphatic hydroxyl groups is 2. The molecule has 1 aromatic carbocycles. The van der Waals surface area contributed by atoms with Crippen molar-refractivity contribution < 1.29 is 20.4 Å². The lowest BCUT2D eigenvalue weighted by Gasteiger charge is -2.50. The molecule has 5 heteroatoms. The van der Waals surface area contributed by atoms with Gasteiger partial charge < -0.3 is 20.4 Å². The van der Waals surface area contributed by atoms with Crippen molar-refractivity contribution in [2.45, 2.75) is 62.4 Å². The van der Waals surface area contributed by atoms with Crippen LogP contribution in [-0.2, 0) is 6.42 Å². The Balaban J connectivity index is 1.72. The normalized spacial score (nSPS) is 36.6. The van der Waals surface area contributed by atoms with Crippen LogP contribution in [0.5, 0.6) is 11.5 Å². The van der Waals surface area contributed by atoms with Crippen LogP contribution < -0.4 is 0 Å². The minimum absolute atomic E-state index is 0.0346. The highest BCUT2D eigenvalue weighted by Gasteiger charge is 2.54. The quantitative estimate of drug-likeness (QED) is 0.488. The third kappa shape index (κ3) is 2.58. The number of phenols is 2. The van der Waals surface area contributed by atoms with E-state index in [2.05, 4.69) is 6.92 Å². The highest BCUT2D eigenvalue weighted by Crippen LogP contribution is 2.62. The fraction of sp³-hybridized carbons (Fsp3) is 0.700. The van der Waals surface area contributed by atoms with E-state index in [1.54, 1.807) is 6.07 Å². The molecule has 4 rings (SSSR count). The first-order valence-corrected chi connectivity index (χ1v) is 10.5. The number of aliphatic hydroxyl groups excluding tert-OH is 2. The van der Waals surface area contributed by atoms with Gasteiger partial charge in [-0.15, -0.1) is 11.8 Å². The van der Waals surface area contributed by atoms with E-state index in [1.807, 2.05) is 0 Å². The predicted molar refractivity (Wildman–Crippen MR) is 98.2 cm³/mol. The maximum absolute atomic E-state index is 10.5. The average molecular weight is 365 g/mol. The smallest absolute Gasteiger partial charge is 0.171 e. The van der Waals surface area contributed by atoms with Crippen LogP contribution in [0.4, 0.5) is 0 Å². The first kappa shape index (κ1) is 17.5. The van der Waals surface area contributed by atoms with Crippen LogP contribution in [0.2, 0.25) is 0 Å². The van der Waals surface area contributed by atoms with Gasteiger partial charge in [-0.05, 0) is 78.9 Å². The third-order valence-electron chi connectivity index (χ3n) is 7.22. The van der Waals surface area contributed by atoms with E-state index in [0.717, 1.165) is 49.0 Å². The molecule has 2 saturated carbocycles. The van der Waals surface area contributed by atoms with Gasteiger partial charge in [0.1, 0.15) is 0 Å². The molecule has 0 saturated heterocycles. The van der Waals surface area contributed by atoms with Gasteiger partial charge in [-0.1, -0.05) is 6.92 Å². The van der Waals surface area contributed by atoms with Crippen LogP contribution >= 0.6 is 11.8 Å². The van der Waals surface area contributed by atoms with Gasteiger partial charge in [0.05, 0.1) is 17.6 Å². The minimum Gasteiger partial charge on any atom is -0.504 e. The van der Waals surface area contributed by atoms with Gasteiger partial charge in [-0.2, -0.15) is 0 Å². The van der Waals surface area contributed by atoms with Crippen molar-refractivity contribution >= 4 is 11.8 Å². The fourth-order valence-electron chi connectivity index (χ4n) is 5.94. The molecule has 0 aromatic heterocycles. The van der Waals surface area contributed by atoms with E-state index in [1.165, 1.54) is 17.3 Å². The summed E-state index contributed by atoms with van der Waals surface area (Å²) >= 11 is 1.43. The van der Waals surface area contributed by atoms with Crippen molar-refractivity contribution in [1.82, 2.24) is 0 Å². The zero-order valence-electron chi connectivity index (χ0n) is 14.7. The lowest BCUT2D eigenvalue weighted by molar-refractivity contribution is -0.0227. The van der Waals surface area contributed by atoms with E-state index in [-0.39, 0.29) is 29.6 Å². The summed E-state index contributed by atoms with van der Waals surface area (Å²) < 4.78 is 0. The number of hydrogen-bond donors (Lipinski definition) is 4. The summed E-state index contributed by atoms with van der Waals surface area (Å²) in [4.78, 5) is 0.752. The molecule has 0 unspecified atom stereocenters. The second kappa shape index (κ2) is 6.36. The van der Waals surface area contributed by atoms with Crippen LogP contribution in [0.1, 0.15) is 56.1 Å². The number of benzene rings is 1. The molecule has 0 spiro atoms. The molecule has 4 nitrogen and oxygen atoms in total. The summed E-state index contributed by atoms with van der Waals surface area (Å²) in [5.41, 5.74) is 2.40. The Morgan fingerprint density at radius 2 is 2.00 bits per heavy atom. The lowest BCUT2D eigenvalue weighted by atomic mass is 9.55. The number of phenolic OH excluding ortho intramolecular Hbond substituents is 2. The Morgan fingerprint density at radius 3 is 2.76 bits per heavy atom. The molecule has 138 valence electrons. The number of fused-ring (bicyclic) bond motifs is 5. The minimum atomic E-state index is -0.177. The lowest BCUT2D eigenvalue weighted by Crippen LogP contribution is -2.44. The zero-order chi connectivity index (χ0) is 17.8. The highest BCUT2D eigenvalue weighted by atomic mass is 32.2. The van der Waals surface area contributed by atoms with E-state index in [0.29, 0.717) is 23.5 Å². The van der Waals surface area contributed by atoms with Crippen molar-refractivity contribution in [3.63, 3.8) is 0 Å². The molecule has 5 atom stereocenters. The standard InChI is InChI=1S/C20H28O4S/c1-20-7-6-11-12(15(20)4-5-17(20)23)2-3-13-14(11)10-16(22)18(24)19(13)25-9-8-21/h10-12,15,17,21-24H,2-9H2,1H3/t11-,12+,15-,17-,20-/m0/s1. The van der Waals surface area contributed by atoms with E-state index in [9.17, 15) is 15.3 Å². The highest BCUT2D eigenvalue weighted by molar-refractivity contribution is 7.99. The van der Waals surface area contributed by atoms with Gasteiger partial charge in [0.25, 0.3) is 0 Å². The van der Waals surface area contributed by atoms with E-state index >= 15 is 0 Å². The van der Waals surface area contributed by atoms with Crippen molar-refractivity contribution in [2.24, 2.45) is 17.3 Å². The average Bonchev–Trinajstić information content (AvgIpc) is 2.90. The summed E-state index contributed by atoms with van der Waals surface area (Å²) in [6.07, 6.45) is 5.89. The first-order valence-electron chi connectivity index (χ1n) is 9.46. The van der Waals surface area contributed by atoms with Crippen LogP contribution in [0.3, 0.4) is 0 Å². The Hall–Kier alpha value is -0.910. The number of aromatic hydroxyl groups is 2. The molecule has 0 aliphatic heterocycles. The summed E-state index contributed by atoms with van der Waals surface area (Å²) in [6.45, 7) is 2.32. The monoisotopic (exact) mass is 364 g/mol. The van der Waals surface area contributed by atoms with Crippen LogP contribution in [0.15, 0.2) is 11.0 Å². The Labute approximate surface area is 153 Å². The number of rotatable bonds is 3. The molecular formula is C20H28O4S. The van der Waals surface area contributed by atoms with Crippen molar-refractivity contribution in [2.75, 3.05) is 12.4 Å². The summed E-state index contributed by atoms with van der Waals surface area (Å²) in [6, 6.07) is 1.78. The second-order valence-electron chi connectivity index (χ2n) is 8.27. The first-order chi connectivity index (χ1) is 12.0. The predicted octanol–water partition coefficient (Wildman–Crippen LogP) is 3.40. The SMILES string of the molecule is C[C@]12CC[C@@H]3c4cc(O)c(O)c(SCCO)c4CC[C@H]3[C@@H]1CC[C@@H]2O. The van der Waals surface area contributed by atoms with Gasteiger partial charge in [-0.3, -0.25) is 0 Å². The number of hydrogen-bond acceptors (Lipinski definition) is 5. The van der Waals surface area contributed by atoms with Gasteiger partial charge in [0, 0.05) is 5.75 Å². The fourth-order valence-corrected chi connectivity index (χ4v) is 6.88. The summed E-state index contributed by atoms with van der Waals surface area (Å²) in [5, 5.41) is 40.2.